The zero-order valence-corrected chi connectivity index (χ0v) is 12.8. The minimum atomic E-state index is -0.0847. The van der Waals surface area contributed by atoms with E-state index in [0.717, 1.165) is 12.0 Å². The molecule has 0 aromatic heterocycles. The molecule has 0 saturated heterocycles. The molecule has 0 saturated carbocycles. The molecule has 0 spiro atoms. The van der Waals surface area contributed by atoms with Crippen molar-refractivity contribution in [3.8, 4) is 11.8 Å². The molecule has 0 aliphatic rings. The van der Waals surface area contributed by atoms with Gasteiger partial charge in [-0.05, 0) is 44.9 Å². The van der Waals surface area contributed by atoms with Crippen LogP contribution in [0.15, 0.2) is 48.5 Å². The quantitative estimate of drug-likeness (QED) is 0.666. The molecule has 0 fully saturated rings. The predicted octanol–water partition coefficient (Wildman–Crippen LogP) is 5.02. The Bertz CT molecular complexity index is 620. The smallest absolute Gasteiger partial charge is 0.0535 e. The Morgan fingerprint density at radius 2 is 1.35 bits per heavy atom. The second-order valence-corrected chi connectivity index (χ2v) is 5.67. The first kappa shape index (κ1) is 14.4. The van der Waals surface area contributed by atoms with Gasteiger partial charge in [0.25, 0.3) is 0 Å². The molecular formula is C20H22. The molecule has 20 heavy (non-hydrogen) atoms. The maximum Gasteiger partial charge on any atom is 0.0535 e. The van der Waals surface area contributed by atoms with Crippen molar-refractivity contribution in [3.63, 3.8) is 0 Å². The highest BCUT2D eigenvalue weighted by Gasteiger charge is 2.21. The van der Waals surface area contributed by atoms with Crippen LogP contribution in [0.2, 0.25) is 0 Å². The molecule has 2 aromatic carbocycles. The highest BCUT2D eigenvalue weighted by atomic mass is 14.2. The average molecular weight is 262 g/mol. The Balaban J connectivity index is 2.32. The number of aryl methyl sites for hydroxylation is 2. The van der Waals surface area contributed by atoms with Crippen LogP contribution in [0.3, 0.4) is 0 Å². The van der Waals surface area contributed by atoms with Crippen molar-refractivity contribution in [2.24, 2.45) is 0 Å². The fourth-order valence-electron chi connectivity index (χ4n) is 2.13. The third-order valence-corrected chi connectivity index (χ3v) is 3.93. The summed E-state index contributed by atoms with van der Waals surface area (Å²) >= 11 is 0. The molecule has 0 heteroatoms. The van der Waals surface area contributed by atoms with E-state index >= 15 is 0 Å². The van der Waals surface area contributed by atoms with Gasteiger partial charge < -0.3 is 0 Å². The molecule has 0 N–H and O–H groups in total. The van der Waals surface area contributed by atoms with Gasteiger partial charge in [0.05, 0.1) is 5.41 Å². The van der Waals surface area contributed by atoms with Crippen LogP contribution in [0.5, 0.6) is 0 Å². The summed E-state index contributed by atoms with van der Waals surface area (Å²) in [7, 11) is 0. The van der Waals surface area contributed by atoms with Gasteiger partial charge in [0.2, 0.25) is 0 Å². The van der Waals surface area contributed by atoms with E-state index < -0.39 is 0 Å². The van der Waals surface area contributed by atoms with Crippen molar-refractivity contribution in [1.82, 2.24) is 0 Å². The van der Waals surface area contributed by atoms with Crippen molar-refractivity contribution in [3.05, 3.63) is 70.8 Å². The van der Waals surface area contributed by atoms with Crippen LogP contribution in [0.4, 0.5) is 0 Å². The van der Waals surface area contributed by atoms with Gasteiger partial charge >= 0.3 is 0 Å². The fraction of sp³-hybridized carbons (Fsp3) is 0.300. The summed E-state index contributed by atoms with van der Waals surface area (Å²) in [6, 6.07) is 17.1. The lowest BCUT2D eigenvalue weighted by atomic mass is 9.80. The van der Waals surface area contributed by atoms with Crippen molar-refractivity contribution in [1.29, 1.82) is 0 Å². The van der Waals surface area contributed by atoms with Gasteiger partial charge in [-0.1, -0.05) is 66.3 Å². The van der Waals surface area contributed by atoms with Crippen molar-refractivity contribution in [2.45, 2.75) is 39.5 Å². The average Bonchev–Trinajstić information content (AvgIpc) is 2.47. The van der Waals surface area contributed by atoms with E-state index in [2.05, 4.69) is 88.1 Å². The number of hydrogen-bond acceptors (Lipinski definition) is 0. The molecule has 0 aliphatic heterocycles. The van der Waals surface area contributed by atoms with Crippen LogP contribution in [-0.2, 0) is 5.41 Å². The van der Waals surface area contributed by atoms with E-state index in [1.54, 1.807) is 0 Å². The zero-order valence-electron chi connectivity index (χ0n) is 12.8. The van der Waals surface area contributed by atoms with Crippen LogP contribution in [0, 0.1) is 25.7 Å². The van der Waals surface area contributed by atoms with E-state index in [0.29, 0.717) is 0 Å². The summed E-state index contributed by atoms with van der Waals surface area (Å²) in [5, 5.41) is 0. The van der Waals surface area contributed by atoms with Gasteiger partial charge in [0.15, 0.2) is 0 Å². The third kappa shape index (κ3) is 3.31. The van der Waals surface area contributed by atoms with E-state index in [4.69, 9.17) is 0 Å². The SMILES string of the molecule is CCC(C)(C#Cc1ccc(C)cc1)c1ccc(C)cc1. The number of hydrogen-bond donors (Lipinski definition) is 0. The zero-order chi connectivity index (χ0) is 14.6. The summed E-state index contributed by atoms with van der Waals surface area (Å²) in [5.41, 5.74) is 4.86. The summed E-state index contributed by atoms with van der Waals surface area (Å²) < 4.78 is 0. The maximum absolute atomic E-state index is 3.47. The molecule has 0 radical (unpaired) electrons. The summed E-state index contributed by atoms with van der Waals surface area (Å²) in [6.07, 6.45) is 1.01. The largest absolute Gasteiger partial charge is 0.0866 e. The molecule has 0 nitrogen and oxygen atoms in total. The van der Waals surface area contributed by atoms with E-state index in [9.17, 15) is 0 Å². The Morgan fingerprint density at radius 3 is 1.85 bits per heavy atom. The molecule has 0 aliphatic carbocycles. The summed E-state index contributed by atoms with van der Waals surface area (Å²) in [4.78, 5) is 0. The molecule has 0 bridgehead atoms. The van der Waals surface area contributed by atoms with Gasteiger partial charge in [-0.25, -0.2) is 0 Å². The third-order valence-electron chi connectivity index (χ3n) is 3.93. The monoisotopic (exact) mass is 262 g/mol. The fourth-order valence-corrected chi connectivity index (χ4v) is 2.13. The van der Waals surface area contributed by atoms with Gasteiger partial charge in [-0.15, -0.1) is 0 Å². The first-order valence-corrected chi connectivity index (χ1v) is 7.20. The first-order valence-electron chi connectivity index (χ1n) is 7.20. The van der Waals surface area contributed by atoms with Crippen LogP contribution in [0.1, 0.15) is 42.5 Å². The van der Waals surface area contributed by atoms with E-state index in [1.807, 2.05) is 0 Å². The van der Waals surface area contributed by atoms with Crippen LogP contribution in [-0.4, -0.2) is 0 Å². The van der Waals surface area contributed by atoms with Crippen LogP contribution in [0.25, 0.3) is 0 Å². The van der Waals surface area contributed by atoms with E-state index in [-0.39, 0.29) is 5.41 Å². The Hall–Kier alpha value is -2.00. The molecule has 2 rings (SSSR count). The van der Waals surface area contributed by atoms with Gasteiger partial charge in [-0.2, -0.15) is 0 Å². The Labute approximate surface area is 122 Å². The topological polar surface area (TPSA) is 0 Å². The van der Waals surface area contributed by atoms with Crippen molar-refractivity contribution in [2.75, 3.05) is 0 Å². The molecule has 1 atom stereocenters. The lowest BCUT2D eigenvalue weighted by molar-refractivity contribution is 0.595. The molecule has 2 aromatic rings. The second kappa shape index (κ2) is 5.97. The predicted molar refractivity (Wildman–Crippen MR) is 86.9 cm³/mol. The minimum absolute atomic E-state index is 0.0847. The summed E-state index contributed by atoms with van der Waals surface area (Å²) in [6.45, 7) is 8.63. The highest BCUT2D eigenvalue weighted by Crippen LogP contribution is 2.27. The normalized spacial score (nSPS) is 13.2. The van der Waals surface area contributed by atoms with Crippen LogP contribution >= 0.6 is 0 Å². The Morgan fingerprint density at radius 1 is 0.850 bits per heavy atom. The van der Waals surface area contributed by atoms with Gasteiger partial charge in [-0.3, -0.25) is 0 Å². The van der Waals surface area contributed by atoms with E-state index in [1.165, 1.54) is 16.7 Å². The maximum atomic E-state index is 3.47. The van der Waals surface area contributed by atoms with Crippen molar-refractivity contribution < 1.29 is 0 Å². The molecular weight excluding hydrogens is 240 g/mol. The number of benzene rings is 2. The Kier molecular flexibility index (Phi) is 4.30. The standard InChI is InChI=1S/C20H22/c1-5-20(4,19-12-8-17(3)9-13-19)15-14-18-10-6-16(2)7-11-18/h6-13H,5H2,1-4H3. The summed E-state index contributed by atoms with van der Waals surface area (Å²) in [5.74, 6) is 6.79. The second-order valence-electron chi connectivity index (χ2n) is 5.67. The van der Waals surface area contributed by atoms with Crippen LogP contribution < -0.4 is 0 Å². The number of rotatable bonds is 2. The molecule has 0 amide bonds. The molecule has 0 heterocycles. The lowest BCUT2D eigenvalue weighted by Crippen LogP contribution is -2.18. The highest BCUT2D eigenvalue weighted by molar-refractivity contribution is 5.42. The van der Waals surface area contributed by atoms with Crippen molar-refractivity contribution >= 4 is 0 Å². The van der Waals surface area contributed by atoms with Gasteiger partial charge in [0, 0.05) is 5.56 Å². The first-order chi connectivity index (χ1) is 9.53. The molecule has 102 valence electrons. The minimum Gasteiger partial charge on any atom is -0.0866 e. The molecule has 1 unspecified atom stereocenters. The lowest BCUT2D eigenvalue weighted by Gasteiger charge is -2.22. The van der Waals surface area contributed by atoms with Gasteiger partial charge in [0.1, 0.15) is 0 Å².